The van der Waals surface area contributed by atoms with Gasteiger partial charge in [-0.05, 0) is 56.8 Å². The van der Waals surface area contributed by atoms with Crippen LogP contribution in [-0.2, 0) is 107 Å². The van der Waals surface area contributed by atoms with Crippen molar-refractivity contribution in [2.24, 2.45) is 5.92 Å². The summed E-state index contributed by atoms with van der Waals surface area (Å²) in [5.74, 6) is 0.623. The van der Waals surface area contributed by atoms with Gasteiger partial charge in [-0.3, -0.25) is 83.0 Å². The maximum absolute atomic E-state index is 13.0. The van der Waals surface area contributed by atoms with Crippen molar-refractivity contribution in [2.75, 3.05) is 85.0 Å². The Morgan fingerprint density at radius 3 is 1.40 bits per heavy atom. The number of hydrogen-bond donors (Lipinski definition) is 11. The number of aryl methyl sites for hydroxylation is 1. The minimum atomic E-state index is -4.89. The molecule has 3 aromatic rings. The average Bonchev–Trinajstić information content (AvgIpc) is 1.65. The number of hydrogen-bond acceptors (Lipinski definition) is 29. The zero-order chi connectivity index (χ0) is 66.6. The monoisotopic (exact) mass is 1450 g/mol. The molecule has 89 heavy (non-hydrogen) atoms. The van der Waals surface area contributed by atoms with E-state index in [9.17, 15) is 81.1 Å². The normalized spacial score (nSPS) is 23.6. The van der Waals surface area contributed by atoms with Gasteiger partial charge in [-0.2, -0.15) is 4.98 Å². The van der Waals surface area contributed by atoms with Gasteiger partial charge >= 0.3 is 52.6 Å². The van der Waals surface area contributed by atoms with Crippen LogP contribution in [0, 0.1) is 12.8 Å². The number of ether oxygens (including phenoxy) is 2. The van der Waals surface area contributed by atoms with Gasteiger partial charge in [0.1, 0.15) is 30.8 Å². The van der Waals surface area contributed by atoms with Crippen molar-refractivity contribution in [1.82, 2.24) is 29.1 Å². The molecule has 0 aromatic carbocycles. The van der Waals surface area contributed by atoms with Gasteiger partial charge in [-0.25, -0.2) is 37.2 Å². The molecule has 0 spiro atoms. The predicted octanol–water partition coefficient (Wildman–Crippen LogP) is 4.50. The summed E-state index contributed by atoms with van der Waals surface area (Å²) >= 11 is 5.19. The first-order valence-electron chi connectivity index (χ1n) is 27.1. The third-order valence-electron chi connectivity index (χ3n) is 11.3. The molecule has 2 fully saturated rings. The molecule has 3 aromatic heterocycles. The highest BCUT2D eigenvalue weighted by Crippen LogP contribution is 2.53. The lowest BCUT2D eigenvalue weighted by atomic mass is 10.2. The number of aromatic amines is 2. The van der Waals surface area contributed by atoms with Crippen molar-refractivity contribution in [1.29, 1.82) is 0 Å². The van der Waals surface area contributed by atoms with Gasteiger partial charge in [0.15, 0.2) is 17.7 Å². The first-order chi connectivity index (χ1) is 41.3. The molecule has 2 saturated heterocycles. The summed E-state index contributed by atoms with van der Waals surface area (Å²) in [5.41, 5.74) is 3.42. The summed E-state index contributed by atoms with van der Waals surface area (Å²) in [7, 11) is -28.4. The molecule has 2 aliphatic heterocycles. The van der Waals surface area contributed by atoms with Crippen LogP contribution in [0.3, 0.4) is 0 Å². The summed E-state index contributed by atoms with van der Waals surface area (Å²) in [5, 5.41) is 10.3. The molecule has 13 atom stereocenters. The van der Waals surface area contributed by atoms with Crippen LogP contribution >= 0.6 is 53.4 Å². The van der Waals surface area contributed by atoms with Gasteiger partial charge in [0.05, 0.1) is 91.7 Å². The molecular formula is C42H82N7O32P7S. The fourth-order valence-electron chi connectivity index (χ4n) is 7.10. The van der Waals surface area contributed by atoms with Gasteiger partial charge in [0.25, 0.3) is 11.1 Å². The summed E-state index contributed by atoms with van der Waals surface area (Å²) < 4.78 is 152. The molecule has 47 heteroatoms. The lowest BCUT2D eigenvalue weighted by Gasteiger charge is -2.25. The highest BCUT2D eigenvalue weighted by Gasteiger charge is 2.44. The second-order valence-corrected chi connectivity index (χ2v) is 32.8. The maximum Gasteiger partial charge on any atom is 0.472 e. The van der Waals surface area contributed by atoms with Crippen LogP contribution in [0.2, 0.25) is 0 Å². The summed E-state index contributed by atoms with van der Waals surface area (Å²) in [6.45, 7) is 1.74. The molecule has 0 amide bonds. The first kappa shape index (κ1) is 79.4. The molecule has 0 aliphatic carbocycles. The van der Waals surface area contributed by atoms with Gasteiger partial charge < -0.3 is 59.1 Å². The quantitative estimate of drug-likeness (QED) is 0.0275. The number of phosphoric ester groups is 6. The topological polar surface area (TPSA) is 547 Å². The van der Waals surface area contributed by atoms with Gasteiger partial charge in [0, 0.05) is 33.1 Å². The largest absolute Gasteiger partial charge is 0.472 e. The second-order valence-electron chi connectivity index (χ2n) is 20.1. The number of nitrogens with one attached hydrogen (secondary N) is 2. The van der Waals surface area contributed by atoms with Crippen molar-refractivity contribution < 1.29 is 138 Å². The standard InChI is InChI=1S/C38H68N7O32P7S.C4H10.2H2/c1-25(2)78(50,85)73-23-30-28(20-32(76-30)45-24-40-33-34(45)41-37(39)42-36(33)48)77-84(61,62)72-18-8-16-70-82(57,58)68-14-6-12-66-80(53,54)64-10-4-9-63-79(51,52)65-11-5-13-67-81(55,56)69-15-7-17-71-83(59,60)74-22-29-27(46)19-31(75-29)44-21-26(3)35(47)43-38(44)49;1-4(2)3;;/h21,24-25,27-32,46H,4-20,22-23H2,1-3H3,(H,50,85)(H,51,52)(H,53,54)(H,55,56)(H,57,58)(H,59,60)(H,61,62)(H,43,47,49)(H3,39,41,42,48);4H,1-3H3;2*1H/t27?,28?,29-,30?,31-,32?,78?;;;/m0.../s1. The molecule has 2 aliphatic rings. The highest BCUT2D eigenvalue weighted by atomic mass is 32.5. The number of aliphatic hydroxyl groups is 1. The number of imidazole rings is 1. The SMILES string of the molecule is CC(C)C.Cc1cn([C@@H]2CC(O)[C@H](COP(=O)(O)OCCCOP(=O)(O)OCCCOP(=O)(O)OCCCOP(=O)(O)OCCCOP(=O)(O)OCCCOP(=O)(O)OC3CC(n4cnc5c(=O)[nH]c(N)nc54)OC3COP(O)(=S)C(C)C)O2)c(=O)[nH]c1=O.[HH].[HH]. The second kappa shape index (κ2) is 36.2. The van der Waals surface area contributed by atoms with Crippen molar-refractivity contribution in [3.05, 3.63) is 49.3 Å². The van der Waals surface area contributed by atoms with Gasteiger partial charge in [-0.15, -0.1) is 0 Å². The summed E-state index contributed by atoms with van der Waals surface area (Å²) in [6, 6.07) is 0. The molecule has 0 radical (unpaired) electrons. The molecule has 39 nitrogen and oxygen atoms in total. The van der Waals surface area contributed by atoms with Gasteiger partial charge in [0.2, 0.25) is 5.95 Å². The molecular weight excluding hydrogens is 1360 g/mol. The van der Waals surface area contributed by atoms with Crippen LogP contribution < -0.4 is 22.5 Å². The maximum atomic E-state index is 13.0. The number of nitrogens with zero attached hydrogens (tertiary/aromatic N) is 4. The summed E-state index contributed by atoms with van der Waals surface area (Å²) in [6.07, 6.45) is -5.55. The Morgan fingerprint density at radius 2 is 0.978 bits per heavy atom. The number of fused-ring (bicyclic) bond motifs is 1. The van der Waals surface area contributed by atoms with E-state index in [0.717, 1.165) is 10.5 Å². The molecule has 11 unspecified atom stereocenters. The van der Waals surface area contributed by atoms with Crippen molar-refractivity contribution in [2.45, 2.75) is 129 Å². The minimum Gasteiger partial charge on any atom is -0.390 e. The van der Waals surface area contributed by atoms with E-state index in [1.807, 2.05) is 0 Å². The number of nitrogen functional groups attached to an aromatic ring is 1. The van der Waals surface area contributed by atoms with E-state index in [0.29, 0.717) is 0 Å². The zero-order valence-corrected chi connectivity index (χ0v) is 56.1. The van der Waals surface area contributed by atoms with E-state index in [1.54, 1.807) is 13.8 Å². The fraction of sp³-hybridized carbons (Fsp3) is 0.786. The Bertz CT molecular complexity index is 3270. The number of aromatic nitrogens is 6. The third kappa shape index (κ3) is 29.2. The molecule has 0 bridgehead atoms. The van der Waals surface area contributed by atoms with Crippen LogP contribution in [0.4, 0.5) is 5.95 Å². The Kier molecular flexibility index (Phi) is 32.3. The van der Waals surface area contributed by atoms with E-state index in [-0.39, 0.29) is 77.1 Å². The van der Waals surface area contributed by atoms with E-state index in [1.165, 1.54) is 24.0 Å². The summed E-state index contributed by atoms with van der Waals surface area (Å²) in [4.78, 5) is 119. The van der Waals surface area contributed by atoms with Crippen LogP contribution in [0.25, 0.3) is 11.2 Å². The molecule has 5 rings (SSSR count). The Balaban J connectivity index is 0.00000456. The van der Waals surface area contributed by atoms with Crippen LogP contribution in [0.5, 0.6) is 0 Å². The Hall–Kier alpha value is -2.06. The third-order valence-corrected chi connectivity index (χ3v) is 20.8. The Labute approximate surface area is 516 Å². The lowest BCUT2D eigenvalue weighted by Crippen LogP contribution is -2.33. The van der Waals surface area contributed by atoms with E-state index >= 15 is 0 Å². The average molecular weight is 1450 g/mol. The van der Waals surface area contributed by atoms with Crippen LogP contribution in [0.1, 0.15) is 100 Å². The number of rotatable bonds is 41. The smallest absolute Gasteiger partial charge is 0.390 e. The van der Waals surface area contributed by atoms with Crippen molar-refractivity contribution >= 4 is 82.3 Å². The molecule has 518 valence electrons. The zero-order valence-electron chi connectivity index (χ0n) is 49.0. The number of nitrogens with two attached hydrogens (primary N) is 1. The van der Waals surface area contributed by atoms with Crippen molar-refractivity contribution in [3.8, 4) is 0 Å². The van der Waals surface area contributed by atoms with Crippen LogP contribution in [-0.4, -0.2) is 178 Å². The molecule has 0 saturated carbocycles. The molecule has 12 N–H and O–H groups in total. The lowest BCUT2D eigenvalue weighted by molar-refractivity contribution is -0.0466. The van der Waals surface area contributed by atoms with E-state index in [2.05, 4.69) is 40.7 Å². The number of H-pyrrole nitrogens is 2. The fourth-order valence-corrected chi connectivity index (χ4v) is 12.9. The van der Waals surface area contributed by atoms with Crippen LogP contribution in [0.15, 0.2) is 26.9 Å². The number of aliphatic hydroxyl groups excluding tert-OH is 1. The first-order valence-corrected chi connectivity index (χ1v) is 38.8. The predicted molar refractivity (Wildman–Crippen MR) is 316 cm³/mol. The molecule has 5 heterocycles. The van der Waals surface area contributed by atoms with Gasteiger partial charge in [-0.1, -0.05) is 34.6 Å². The van der Waals surface area contributed by atoms with Crippen molar-refractivity contribution in [3.63, 3.8) is 0 Å². The highest BCUT2D eigenvalue weighted by molar-refractivity contribution is 8.09. The number of phosphoric acid groups is 6. The number of anilines is 1. The Morgan fingerprint density at radius 1 is 0.596 bits per heavy atom. The van der Waals surface area contributed by atoms with E-state index < -0.39 is 185 Å². The van der Waals surface area contributed by atoms with E-state index in [4.69, 9.17) is 85.8 Å². The minimum absolute atomic E-state index is 0.